The van der Waals surface area contributed by atoms with Crippen molar-refractivity contribution in [2.45, 2.75) is 37.5 Å². The number of H-pyrrole nitrogens is 1. The van der Waals surface area contributed by atoms with Crippen molar-refractivity contribution in [3.05, 3.63) is 72.1 Å². The molecular formula is C28H31N5O4. The molecule has 0 radical (unpaired) electrons. The SMILES string of the molecule is O=C(c1cccc(CN2C(=O)N(c3ccc(-c4cn[nH]c4)cc3)CC23CCOCC3)c1)N1CC[C@H](O)C1. The van der Waals surface area contributed by atoms with Crippen LogP contribution in [-0.2, 0) is 11.3 Å². The number of carbonyl (C=O) groups excluding carboxylic acids is 2. The fourth-order valence-electron chi connectivity index (χ4n) is 5.75. The van der Waals surface area contributed by atoms with E-state index in [4.69, 9.17) is 4.74 Å². The minimum absolute atomic E-state index is 0.0302. The Kier molecular flexibility index (Phi) is 6.18. The second kappa shape index (κ2) is 9.64. The largest absolute Gasteiger partial charge is 0.391 e. The molecule has 3 aliphatic rings. The zero-order chi connectivity index (χ0) is 25.4. The van der Waals surface area contributed by atoms with Crippen molar-refractivity contribution in [3.63, 3.8) is 0 Å². The smallest absolute Gasteiger partial charge is 0.325 e. The Morgan fingerprint density at radius 1 is 1.14 bits per heavy atom. The number of aromatic nitrogens is 2. The van der Waals surface area contributed by atoms with E-state index in [9.17, 15) is 14.7 Å². The van der Waals surface area contributed by atoms with E-state index in [0.29, 0.717) is 51.4 Å². The van der Waals surface area contributed by atoms with Crippen LogP contribution in [0.1, 0.15) is 35.2 Å². The molecule has 9 heteroatoms. The zero-order valence-corrected chi connectivity index (χ0v) is 20.7. The van der Waals surface area contributed by atoms with Gasteiger partial charge in [-0.2, -0.15) is 5.10 Å². The summed E-state index contributed by atoms with van der Waals surface area (Å²) in [5.41, 5.74) is 4.08. The lowest BCUT2D eigenvalue weighted by Crippen LogP contribution is -2.50. The third-order valence-electron chi connectivity index (χ3n) is 7.89. The number of urea groups is 1. The minimum atomic E-state index is -0.456. The molecule has 3 aliphatic heterocycles. The number of amides is 3. The van der Waals surface area contributed by atoms with Crippen molar-refractivity contribution >= 4 is 17.6 Å². The number of nitrogens with one attached hydrogen (secondary N) is 1. The second-order valence-corrected chi connectivity index (χ2v) is 10.2. The molecular weight excluding hydrogens is 470 g/mol. The van der Waals surface area contributed by atoms with Crippen LogP contribution in [0.2, 0.25) is 0 Å². The standard InChI is InChI=1S/C28H31N5O4/c34-25-8-11-31(18-25)26(35)22-3-1-2-20(14-22)17-33-27(36)32(19-28(33)9-12-37-13-10-28)24-6-4-21(5-7-24)23-15-29-30-16-23/h1-7,14-16,25,34H,8-13,17-19H2,(H,29,30)/t25-/m0/s1. The van der Waals surface area contributed by atoms with Crippen LogP contribution in [0, 0.1) is 0 Å². The zero-order valence-electron chi connectivity index (χ0n) is 20.7. The van der Waals surface area contributed by atoms with E-state index < -0.39 is 6.10 Å². The summed E-state index contributed by atoms with van der Waals surface area (Å²) in [6, 6.07) is 15.5. The monoisotopic (exact) mass is 501 g/mol. The molecule has 4 heterocycles. The summed E-state index contributed by atoms with van der Waals surface area (Å²) >= 11 is 0. The van der Waals surface area contributed by atoms with Crippen molar-refractivity contribution in [1.82, 2.24) is 20.0 Å². The molecule has 0 unspecified atom stereocenters. The van der Waals surface area contributed by atoms with Gasteiger partial charge in [-0.1, -0.05) is 24.3 Å². The molecule has 192 valence electrons. The molecule has 3 saturated heterocycles. The molecule has 0 saturated carbocycles. The van der Waals surface area contributed by atoms with Crippen molar-refractivity contribution in [1.29, 1.82) is 0 Å². The van der Waals surface area contributed by atoms with Gasteiger partial charge in [0, 0.05) is 55.9 Å². The van der Waals surface area contributed by atoms with Gasteiger partial charge in [-0.3, -0.25) is 14.8 Å². The quantitative estimate of drug-likeness (QED) is 0.559. The molecule has 2 N–H and O–H groups in total. The molecule has 1 aromatic heterocycles. The maximum atomic E-state index is 13.9. The summed E-state index contributed by atoms with van der Waals surface area (Å²) in [5.74, 6) is -0.0775. The Labute approximate surface area is 215 Å². The number of likely N-dealkylation sites (tertiary alicyclic amines) is 1. The maximum absolute atomic E-state index is 13.9. The highest BCUT2D eigenvalue weighted by Crippen LogP contribution is 2.39. The van der Waals surface area contributed by atoms with Gasteiger partial charge in [-0.15, -0.1) is 0 Å². The lowest BCUT2D eigenvalue weighted by molar-refractivity contribution is 0.00611. The highest BCUT2D eigenvalue weighted by Gasteiger charge is 2.50. The topological polar surface area (TPSA) is 102 Å². The van der Waals surface area contributed by atoms with Crippen molar-refractivity contribution in [2.75, 3.05) is 37.7 Å². The van der Waals surface area contributed by atoms with Gasteiger partial charge in [0.1, 0.15) is 0 Å². The third-order valence-corrected chi connectivity index (χ3v) is 7.89. The Balaban J connectivity index is 1.25. The van der Waals surface area contributed by atoms with E-state index in [1.165, 1.54) is 0 Å². The molecule has 0 aliphatic carbocycles. The first-order valence-corrected chi connectivity index (χ1v) is 12.8. The van der Waals surface area contributed by atoms with Gasteiger partial charge in [0.25, 0.3) is 5.91 Å². The highest BCUT2D eigenvalue weighted by atomic mass is 16.5. The van der Waals surface area contributed by atoms with Crippen LogP contribution in [0.15, 0.2) is 60.9 Å². The van der Waals surface area contributed by atoms with Crippen LogP contribution in [0.4, 0.5) is 10.5 Å². The van der Waals surface area contributed by atoms with Gasteiger partial charge in [0.05, 0.1) is 24.4 Å². The lowest BCUT2D eigenvalue weighted by Gasteiger charge is -2.40. The number of ether oxygens (including phenoxy) is 1. The Morgan fingerprint density at radius 2 is 1.95 bits per heavy atom. The van der Waals surface area contributed by atoms with Crippen molar-refractivity contribution in [2.24, 2.45) is 0 Å². The fourth-order valence-corrected chi connectivity index (χ4v) is 5.75. The van der Waals surface area contributed by atoms with Gasteiger partial charge in [-0.05, 0) is 54.7 Å². The van der Waals surface area contributed by atoms with E-state index in [0.717, 1.165) is 35.2 Å². The molecule has 2 aromatic carbocycles. The Hall–Kier alpha value is -3.69. The number of benzene rings is 2. The summed E-state index contributed by atoms with van der Waals surface area (Å²) in [6.07, 6.45) is 5.32. The van der Waals surface area contributed by atoms with Crippen LogP contribution < -0.4 is 4.90 Å². The normalized spacial score (nSPS) is 21.3. The molecule has 6 rings (SSSR count). The number of hydrogen-bond donors (Lipinski definition) is 2. The first-order chi connectivity index (χ1) is 18.0. The molecule has 37 heavy (non-hydrogen) atoms. The number of carbonyl (C=O) groups is 2. The van der Waals surface area contributed by atoms with E-state index >= 15 is 0 Å². The predicted molar refractivity (Wildman–Crippen MR) is 138 cm³/mol. The van der Waals surface area contributed by atoms with E-state index in [-0.39, 0.29) is 17.5 Å². The average Bonchev–Trinajstić information content (AvgIpc) is 3.67. The average molecular weight is 502 g/mol. The summed E-state index contributed by atoms with van der Waals surface area (Å²) in [7, 11) is 0. The van der Waals surface area contributed by atoms with E-state index in [1.54, 1.807) is 17.2 Å². The van der Waals surface area contributed by atoms with Crippen LogP contribution in [-0.4, -0.2) is 81.5 Å². The summed E-state index contributed by atoms with van der Waals surface area (Å²) in [4.78, 5) is 32.4. The van der Waals surface area contributed by atoms with Gasteiger partial charge in [-0.25, -0.2) is 4.79 Å². The number of aromatic amines is 1. The molecule has 3 aromatic rings. The van der Waals surface area contributed by atoms with Gasteiger partial charge < -0.3 is 19.6 Å². The number of nitrogens with zero attached hydrogens (tertiary/aromatic N) is 4. The van der Waals surface area contributed by atoms with Crippen molar-refractivity contribution in [3.8, 4) is 11.1 Å². The second-order valence-electron chi connectivity index (χ2n) is 10.2. The number of rotatable bonds is 5. The van der Waals surface area contributed by atoms with E-state index in [2.05, 4.69) is 10.2 Å². The van der Waals surface area contributed by atoms with Crippen LogP contribution >= 0.6 is 0 Å². The number of anilines is 1. The molecule has 1 spiro atoms. The van der Waals surface area contributed by atoms with Crippen molar-refractivity contribution < 1.29 is 19.4 Å². The summed E-state index contributed by atoms with van der Waals surface area (Å²) in [6.45, 7) is 3.19. The van der Waals surface area contributed by atoms with Gasteiger partial charge >= 0.3 is 6.03 Å². The predicted octanol–water partition coefficient (Wildman–Crippen LogP) is 3.27. The Bertz CT molecular complexity index is 1270. The summed E-state index contributed by atoms with van der Waals surface area (Å²) < 4.78 is 5.67. The lowest BCUT2D eigenvalue weighted by atomic mass is 9.88. The first-order valence-electron chi connectivity index (χ1n) is 12.8. The first kappa shape index (κ1) is 23.7. The maximum Gasteiger partial charge on any atom is 0.325 e. The van der Waals surface area contributed by atoms with Crippen LogP contribution in [0.5, 0.6) is 0 Å². The molecule has 9 nitrogen and oxygen atoms in total. The van der Waals surface area contributed by atoms with Crippen LogP contribution in [0.3, 0.4) is 0 Å². The number of β-amino-alcohol motifs (C(OH)–C–C–N with tert-alkyl or cyclic N) is 1. The van der Waals surface area contributed by atoms with Crippen LogP contribution in [0.25, 0.3) is 11.1 Å². The highest BCUT2D eigenvalue weighted by molar-refractivity contribution is 5.96. The number of hydrogen-bond acceptors (Lipinski definition) is 5. The Morgan fingerprint density at radius 3 is 2.65 bits per heavy atom. The minimum Gasteiger partial charge on any atom is -0.391 e. The van der Waals surface area contributed by atoms with E-state index in [1.807, 2.05) is 58.5 Å². The third kappa shape index (κ3) is 4.49. The fraction of sp³-hybridized carbons (Fsp3) is 0.393. The molecule has 3 fully saturated rings. The summed E-state index contributed by atoms with van der Waals surface area (Å²) in [5, 5.41) is 16.7. The van der Waals surface area contributed by atoms with Gasteiger partial charge in [0.15, 0.2) is 0 Å². The number of aliphatic hydroxyl groups is 1. The number of aliphatic hydroxyl groups excluding tert-OH is 1. The molecule has 1 atom stereocenters. The molecule has 3 amide bonds. The van der Waals surface area contributed by atoms with Gasteiger partial charge in [0.2, 0.25) is 0 Å². The molecule has 0 bridgehead atoms.